The van der Waals surface area contributed by atoms with Crippen molar-refractivity contribution in [3.05, 3.63) is 57.7 Å². The molecule has 2 aromatic rings. The molecule has 5 nitrogen and oxygen atoms in total. The maximum Gasteiger partial charge on any atom is 0.258 e. The SMILES string of the molecule is NNc1ncc(Br)cc1C(=O)N1CCc2ccccc2C1. The number of fused-ring (bicyclic) bond motifs is 1. The van der Waals surface area contributed by atoms with E-state index in [0.717, 1.165) is 10.9 Å². The number of nitrogens with two attached hydrogens (primary N) is 1. The number of hydrogen-bond acceptors (Lipinski definition) is 4. The Hall–Kier alpha value is -1.92. The van der Waals surface area contributed by atoms with Crippen molar-refractivity contribution in [1.82, 2.24) is 9.88 Å². The molecule has 3 N–H and O–H groups in total. The number of rotatable bonds is 2. The molecule has 0 bridgehead atoms. The number of hydrazine groups is 1. The van der Waals surface area contributed by atoms with E-state index in [1.807, 2.05) is 17.0 Å². The Labute approximate surface area is 131 Å². The first-order valence-electron chi connectivity index (χ1n) is 6.67. The minimum absolute atomic E-state index is 0.0637. The molecule has 108 valence electrons. The molecule has 1 amide bonds. The zero-order chi connectivity index (χ0) is 14.8. The van der Waals surface area contributed by atoms with E-state index < -0.39 is 0 Å². The number of benzene rings is 1. The van der Waals surface area contributed by atoms with Gasteiger partial charge in [-0.2, -0.15) is 0 Å². The Bertz CT molecular complexity index is 689. The molecule has 0 radical (unpaired) electrons. The third-order valence-corrected chi connectivity index (χ3v) is 4.07. The molecule has 0 saturated heterocycles. The second-order valence-electron chi connectivity index (χ2n) is 4.94. The summed E-state index contributed by atoms with van der Waals surface area (Å²) in [6, 6.07) is 9.96. The van der Waals surface area contributed by atoms with Gasteiger partial charge in [0.25, 0.3) is 5.91 Å². The van der Waals surface area contributed by atoms with Crippen molar-refractivity contribution in [2.45, 2.75) is 13.0 Å². The second-order valence-corrected chi connectivity index (χ2v) is 5.86. The standard InChI is InChI=1S/C15H15BrN4O/c16-12-7-13(14(19-17)18-8-12)15(21)20-6-5-10-3-1-2-4-11(10)9-20/h1-4,7-8H,5-6,9,17H2,(H,18,19). The maximum atomic E-state index is 12.7. The summed E-state index contributed by atoms with van der Waals surface area (Å²) in [6.45, 7) is 1.32. The Morgan fingerprint density at radius 3 is 2.86 bits per heavy atom. The topological polar surface area (TPSA) is 71.2 Å². The molecule has 1 aliphatic heterocycles. The van der Waals surface area contributed by atoms with E-state index >= 15 is 0 Å². The summed E-state index contributed by atoms with van der Waals surface area (Å²) < 4.78 is 0.752. The van der Waals surface area contributed by atoms with E-state index in [-0.39, 0.29) is 5.91 Å². The third-order valence-electron chi connectivity index (χ3n) is 3.64. The van der Waals surface area contributed by atoms with Crippen molar-refractivity contribution in [1.29, 1.82) is 0 Å². The number of amides is 1. The molecule has 0 atom stereocenters. The van der Waals surface area contributed by atoms with Gasteiger partial charge in [-0.3, -0.25) is 4.79 Å². The van der Waals surface area contributed by atoms with Crippen LogP contribution in [0.4, 0.5) is 5.82 Å². The monoisotopic (exact) mass is 346 g/mol. The van der Waals surface area contributed by atoms with Crippen LogP contribution in [0.5, 0.6) is 0 Å². The van der Waals surface area contributed by atoms with E-state index in [9.17, 15) is 4.79 Å². The first-order valence-corrected chi connectivity index (χ1v) is 7.46. The summed E-state index contributed by atoms with van der Waals surface area (Å²) in [7, 11) is 0. The highest BCUT2D eigenvalue weighted by Crippen LogP contribution is 2.23. The van der Waals surface area contributed by atoms with Crippen molar-refractivity contribution in [2.24, 2.45) is 5.84 Å². The number of nitrogen functional groups attached to an aromatic ring is 1. The summed E-state index contributed by atoms with van der Waals surface area (Å²) in [5.74, 6) is 5.77. The Morgan fingerprint density at radius 1 is 1.33 bits per heavy atom. The van der Waals surface area contributed by atoms with Crippen LogP contribution in [0.2, 0.25) is 0 Å². The van der Waals surface area contributed by atoms with Crippen LogP contribution in [-0.2, 0) is 13.0 Å². The van der Waals surface area contributed by atoms with E-state index in [4.69, 9.17) is 5.84 Å². The normalized spacial score (nSPS) is 13.7. The number of halogens is 1. The number of pyridine rings is 1. The van der Waals surface area contributed by atoms with E-state index in [2.05, 4.69) is 38.5 Å². The molecule has 0 fully saturated rings. The van der Waals surface area contributed by atoms with Crippen LogP contribution in [0.3, 0.4) is 0 Å². The number of nitrogens with one attached hydrogen (secondary N) is 1. The lowest BCUT2D eigenvalue weighted by Gasteiger charge is -2.29. The Morgan fingerprint density at radius 2 is 2.10 bits per heavy atom. The van der Waals surface area contributed by atoms with Crippen LogP contribution < -0.4 is 11.3 Å². The van der Waals surface area contributed by atoms with Crippen LogP contribution in [-0.4, -0.2) is 22.3 Å². The zero-order valence-electron chi connectivity index (χ0n) is 11.3. The molecule has 3 rings (SSSR count). The molecular formula is C15H15BrN4O. The number of carbonyl (C=O) groups is 1. The van der Waals surface area contributed by atoms with Gasteiger partial charge >= 0.3 is 0 Å². The average Bonchev–Trinajstić information content (AvgIpc) is 2.53. The predicted molar refractivity (Wildman–Crippen MR) is 84.6 cm³/mol. The molecule has 0 unspecified atom stereocenters. The lowest BCUT2D eigenvalue weighted by molar-refractivity contribution is 0.0735. The van der Waals surface area contributed by atoms with Gasteiger partial charge in [0.15, 0.2) is 5.82 Å². The fourth-order valence-corrected chi connectivity index (χ4v) is 2.89. The van der Waals surface area contributed by atoms with Gasteiger partial charge in [0.2, 0.25) is 0 Å². The Kier molecular flexibility index (Phi) is 3.90. The smallest absolute Gasteiger partial charge is 0.258 e. The minimum atomic E-state index is -0.0637. The van der Waals surface area contributed by atoms with Gasteiger partial charge in [0, 0.05) is 23.8 Å². The van der Waals surface area contributed by atoms with Gasteiger partial charge in [0.05, 0.1) is 5.56 Å². The Balaban J connectivity index is 1.89. The summed E-state index contributed by atoms with van der Waals surface area (Å²) in [4.78, 5) is 18.7. The molecule has 0 spiro atoms. The summed E-state index contributed by atoms with van der Waals surface area (Å²) in [6.07, 6.45) is 2.48. The second kappa shape index (κ2) is 5.83. The highest BCUT2D eigenvalue weighted by atomic mass is 79.9. The molecule has 0 saturated carbocycles. The number of hydrogen-bond donors (Lipinski definition) is 2. The molecule has 6 heteroatoms. The summed E-state index contributed by atoms with van der Waals surface area (Å²) in [5, 5.41) is 0. The van der Waals surface area contributed by atoms with Gasteiger partial charge in [-0.25, -0.2) is 10.8 Å². The first kappa shape index (κ1) is 14.0. The molecular weight excluding hydrogens is 332 g/mol. The van der Waals surface area contributed by atoms with Crippen LogP contribution in [0.25, 0.3) is 0 Å². The van der Waals surface area contributed by atoms with Gasteiger partial charge < -0.3 is 10.3 Å². The van der Waals surface area contributed by atoms with Crippen molar-refractivity contribution >= 4 is 27.7 Å². The number of nitrogens with zero attached hydrogens (tertiary/aromatic N) is 2. The van der Waals surface area contributed by atoms with Crippen LogP contribution in [0.15, 0.2) is 41.0 Å². The molecule has 0 aliphatic carbocycles. The first-order chi connectivity index (χ1) is 10.2. The van der Waals surface area contributed by atoms with E-state index in [0.29, 0.717) is 24.5 Å². The summed E-state index contributed by atoms with van der Waals surface area (Å²) >= 11 is 3.34. The fraction of sp³-hybridized carbons (Fsp3) is 0.200. The van der Waals surface area contributed by atoms with Crippen molar-refractivity contribution in [2.75, 3.05) is 12.0 Å². The third kappa shape index (κ3) is 2.77. The minimum Gasteiger partial charge on any atom is -0.334 e. The van der Waals surface area contributed by atoms with E-state index in [1.165, 1.54) is 11.1 Å². The molecule has 2 heterocycles. The lowest BCUT2D eigenvalue weighted by atomic mass is 9.99. The van der Waals surface area contributed by atoms with Crippen LogP contribution in [0, 0.1) is 0 Å². The fourth-order valence-electron chi connectivity index (χ4n) is 2.56. The number of anilines is 1. The predicted octanol–water partition coefficient (Wildman–Crippen LogP) is 2.33. The van der Waals surface area contributed by atoms with Crippen molar-refractivity contribution in [3.63, 3.8) is 0 Å². The lowest BCUT2D eigenvalue weighted by Crippen LogP contribution is -2.36. The highest BCUT2D eigenvalue weighted by Gasteiger charge is 2.24. The largest absolute Gasteiger partial charge is 0.334 e. The van der Waals surface area contributed by atoms with Crippen molar-refractivity contribution in [3.8, 4) is 0 Å². The van der Waals surface area contributed by atoms with Gasteiger partial charge in [0.1, 0.15) is 0 Å². The van der Waals surface area contributed by atoms with Crippen LogP contribution in [0.1, 0.15) is 21.5 Å². The zero-order valence-corrected chi connectivity index (χ0v) is 12.9. The quantitative estimate of drug-likeness (QED) is 0.646. The molecule has 1 aromatic heterocycles. The average molecular weight is 347 g/mol. The molecule has 1 aliphatic rings. The highest BCUT2D eigenvalue weighted by molar-refractivity contribution is 9.10. The number of aromatic nitrogens is 1. The van der Waals surface area contributed by atoms with Crippen LogP contribution >= 0.6 is 15.9 Å². The van der Waals surface area contributed by atoms with Gasteiger partial charge in [-0.1, -0.05) is 24.3 Å². The molecule has 21 heavy (non-hydrogen) atoms. The molecule has 1 aromatic carbocycles. The van der Waals surface area contributed by atoms with Gasteiger partial charge in [-0.05, 0) is 39.5 Å². The van der Waals surface area contributed by atoms with E-state index in [1.54, 1.807) is 12.3 Å². The number of carbonyl (C=O) groups excluding carboxylic acids is 1. The summed E-state index contributed by atoms with van der Waals surface area (Å²) in [5.41, 5.74) is 5.47. The van der Waals surface area contributed by atoms with Crippen molar-refractivity contribution < 1.29 is 4.79 Å². The maximum absolute atomic E-state index is 12.7. The van der Waals surface area contributed by atoms with Gasteiger partial charge in [-0.15, -0.1) is 0 Å².